The first kappa shape index (κ1) is 37.5. The van der Waals surface area contributed by atoms with Gasteiger partial charge in [0.1, 0.15) is 12.6 Å². The number of urea groups is 1. The lowest BCUT2D eigenvalue weighted by atomic mass is 9.93. The van der Waals surface area contributed by atoms with Gasteiger partial charge in [-0.05, 0) is 44.2 Å². The van der Waals surface area contributed by atoms with Gasteiger partial charge in [0.15, 0.2) is 0 Å². The van der Waals surface area contributed by atoms with Crippen LogP contribution in [0.15, 0.2) is 77.8 Å². The summed E-state index contributed by atoms with van der Waals surface area (Å²) in [4.78, 5) is 50.6. The van der Waals surface area contributed by atoms with Gasteiger partial charge in [-0.25, -0.2) is 14.6 Å². The fraction of sp³-hybridized carbons (Fsp3) is 0.417. The molecular weight excluding hydrogens is 661 g/mol. The molecule has 13 heteroatoms. The Balaban J connectivity index is 1.43. The van der Waals surface area contributed by atoms with Crippen LogP contribution < -0.4 is 16.0 Å². The van der Waals surface area contributed by atoms with E-state index < -0.39 is 36.2 Å². The lowest BCUT2D eigenvalue weighted by Gasteiger charge is -2.30. The minimum absolute atomic E-state index is 0.0889. The van der Waals surface area contributed by atoms with Crippen molar-refractivity contribution < 1.29 is 24.2 Å². The number of hydrogen-bond donors (Lipinski definition) is 4. The molecule has 4 atom stereocenters. The number of nitrogens with zero attached hydrogens (tertiary/aromatic N) is 3. The number of ether oxygens (including phenoxy) is 1. The molecule has 4 aromatic rings. The highest BCUT2D eigenvalue weighted by Gasteiger charge is 2.29. The molecule has 0 radical (unpaired) electrons. The molecule has 2 aromatic carbocycles. The van der Waals surface area contributed by atoms with Gasteiger partial charge in [-0.1, -0.05) is 74.5 Å². The second-order valence-corrected chi connectivity index (χ2v) is 14.1. The zero-order valence-electron chi connectivity index (χ0n) is 28.4. The Labute approximate surface area is 296 Å². The van der Waals surface area contributed by atoms with Crippen molar-refractivity contribution in [3.05, 3.63) is 104 Å². The van der Waals surface area contributed by atoms with E-state index in [0.29, 0.717) is 31.8 Å². The average molecular weight is 707 g/mol. The highest BCUT2D eigenvalue weighted by molar-refractivity contribution is 7.09. The molecule has 1 unspecified atom stereocenters. The van der Waals surface area contributed by atoms with Crippen molar-refractivity contribution in [2.75, 3.05) is 6.54 Å². The summed E-state index contributed by atoms with van der Waals surface area (Å²) in [7, 11) is 0. The highest BCUT2D eigenvalue weighted by Crippen LogP contribution is 2.20. The molecule has 0 aliphatic carbocycles. The number of nitrogens with one attached hydrogen (secondary N) is 3. The molecule has 4 N–H and O–H groups in total. The summed E-state index contributed by atoms with van der Waals surface area (Å²) in [5, 5.41) is 23.3. The number of aliphatic hydroxyl groups excluding tert-OH is 1. The maximum atomic E-state index is 13.5. The summed E-state index contributed by atoms with van der Waals surface area (Å²) in [5.41, 5.74) is 4.37. The Morgan fingerprint density at radius 1 is 0.918 bits per heavy atom. The van der Waals surface area contributed by atoms with Crippen molar-refractivity contribution in [1.29, 1.82) is 0 Å². The van der Waals surface area contributed by atoms with E-state index in [1.807, 2.05) is 73.0 Å². The Hall–Kier alpha value is -4.33. The van der Waals surface area contributed by atoms with Gasteiger partial charge < -0.3 is 30.7 Å². The fourth-order valence-corrected chi connectivity index (χ4v) is 6.52. The van der Waals surface area contributed by atoms with Gasteiger partial charge in [-0.2, -0.15) is 0 Å². The first-order valence-corrected chi connectivity index (χ1v) is 18.2. The zero-order chi connectivity index (χ0) is 35.2. The van der Waals surface area contributed by atoms with Crippen LogP contribution in [-0.2, 0) is 35.5 Å². The van der Waals surface area contributed by atoms with E-state index in [0.717, 1.165) is 26.7 Å². The fourth-order valence-electron chi connectivity index (χ4n) is 5.19. The van der Waals surface area contributed by atoms with Crippen molar-refractivity contribution >= 4 is 40.7 Å². The van der Waals surface area contributed by atoms with Crippen molar-refractivity contribution in [3.63, 3.8) is 0 Å². The van der Waals surface area contributed by atoms with Gasteiger partial charge in [0.25, 0.3) is 0 Å². The van der Waals surface area contributed by atoms with Crippen molar-refractivity contribution in [3.8, 4) is 0 Å². The van der Waals surface area contributed by atoms with Crippen LogP contribution in [0.4, 0.5) is 9.59 Å². The largest absolute Gasteiger partial charge is 0.444 e. The van der Waals surface area contributed by atoms with Crippen LogP contribution in [0.5, 0.6) is 0 Å². The van der Waals surface area contributed by atoms with E-state index >= 15 is 0 Å². The third-order valence-electron chi connectivity index (χ3n) is 7.91. The lowest BCUT2D eigenvalue weighted by molar-refractivity contribution is -0.124. The Kier molecular flexibility index (Phi) is 14.5. The van der Waals surface area contributed by atoms with Crippen LogP contribution in [0.3, 0.4) is 0 Å². The molecular formula is C36H46N6O5S2. The SMILES string of the molecule is CCN(Cc1csc(C(C)C)n1)C(=O)NC(C)C(=O)N[C@@H](Cc1ccccc1)[C@@H](O)C[C@H](Cc1ccccc1)NC(=O)OCc1cncs1. The number of aliphatic hydroxyl groups is 1. The van der Waals surface area contributed by atoms with Crippen LogP contribution >= 0.6 is 22.7 Å². The monoisotopic (exact) mass is 706 g/mol. The third kappa shape index (κ3) is 12.3. The number of alkyl carbamates (subject to hydrolysis) is 1. The van der Waals surface area contributed by atoms with E-state index in [1.165, 1.54) is 11.3 Å². The summed E-state index contributed by atoms with van der Waals surface area (Å²) >= 11 is 2.96. The number of aromatic nitrogens is 2. The molecule has 0 bridgehead atoms. The minimum atomic E-state index is -1.05. The molecule has 0 spiro atoms. The molecule has 4 rings (SSSR count). The number of hydrogen-bond acceptors (Lipinski definition) is 9. The summed E-state index contributed by atoms with van der Waals surface area (Å²) in [6, 6.07) is 16.7. The van der Waals surface area contributed by atoms with Crippen LogP contribution in [-0.4, -0.2) is 68.8 Å². The topological polar surface area (TPSA) is 146 Å². The van der Waals surface area contributed by atoms with E-state index in [-0.39, 0.29) is 19.1 Å². The number of carbonyl (C=O) groups excluding carboxylic acids is 3. The molecule has 0 aliphatic heterocycles. The number of amides is 4. The predicted octanol–water partition coefficient (Wildman–Crippen LogP) is 5.66. The van der Waals surface area contributed by atoms with Gasteiger partial charge in [0, 0.05) is 30.1 Å². The molecule has 0 aliphatic rings. The number of rotatable bonds is 17. The first-order valence-electron chi connectivity index (χ1n) is 16.5. The lowest BCUT2D eigenvalue weighted by Crippen LogP contribution is -2.55. The quantitative estimate of drug-likeness (QED) is 0.111. The zero-order valence-corrected chi connectivity index (χ0v) is 30.0. The Morgan fingerprint density at radius 2 is 1.59 bits per heavy atom. The Bertz CT molecular complexity index is 1590. The predicted molar refractivity (Wildman–Crippen MR) is 192 cm³/mol. The Morgan fingerprint density at radius 3 is 2.18 bits per heavy atom. The summed E-state index contributed by atoms with van der Waals surface area (Å²) in [6.07, 6.45) is 0.905. The minimum Gasteiger partial charge on any atom is -0.444 e. The molecule has 4 amide bonds. The molecule has 262 valence electrons. The second kappa shape index (κ2) is 19.0. The van der Waals surface area contributed by atoms with Gasteiger partial charge in [0.05, 0.1) is 39.8 Å². The normalized spacial score (nSPS) is 13.6. The summed E-state index contributed by atoms with van der Waals surface area (Å²) < 4.78 is 5.42. The maximum Gasteiger partial charge on any atom is 0.407 e. The number of thiazole rings is 2. The molecule has 49 heavy (non-hydrogen) atoms. The van der Waals surface area contributed by atoms with Crippen molar-refractivity contribution in [1.82, 2.24) is 30.8 Å². The molecule has 0 fully saturated rings. The highest BCUT2D eigenvalue weighted by atomic mass is 32.1. The van der Waals surface area contributed by atoms with Crippen LogP contribution in [0, 0.1) is 0 Å². The van der Waals surface area contributed by atoms with Crippen LogP contribution in [0.2, 0.25) is 0 Å². The van der Waals surface area contributed by atoms with E-state index in [9.17, 15) is 19.5 Å². The third-order valence-corrected chi connectivity index (χ3v) is 9.86. The van der Waals surface area contributed by atoms with Crippen molar-refractivity contribution in [2.24, 2.45) is 0 Å². The maximum absolute atomic E-state index is 13.5. The van der Waals surface area contributed by atoms with E-state index in [2.05, 4.69) is 39.8 Å². The number of benzene rings is 2. The summed E-state index contributed by atoms with van der Waals surface area (Å²) in [6.45, 7) is 8.51. The van der Waals surface area contributed by atoms with E-state index in [4.69, 9.17) is 4.74 Å². The van der Waals surface area contributed by atoms with Crippen LogP contribution in [0.1, 0.15) is 66.7 Å². The van der Waals surface area contributed by atoms with E-state index in [1.54, 1.807) is 34.9 Å². The smallest absolute Gasteiger partial charge is 0.407 e. The van der Waals surface area contributed by atoms with Crippen molar-refractivity contribution in [2.45, 2.75) is 90.3 Å². The average Bonchev–Trinajstić information content (AvgIpc) is 3.79. The van der Waals surface area contributed by atoms with Crippen LogP contribution in [0.25, 0.3) is 0 Å². The van der Waals surface area contributed by atoms with Gasteiger partial charge in [-0.15, -0.1) is 22.7 Å². The molecule has 0 saturated heterocycles. The molecule has 11 nitrogen and oxygen atoms in total. The standard InChI is InChI=1S/C36H46N6O5S2/c1-5-42(20-29-22-48-34(39-29)24(2)3)35(45)38-25(4)33(44)41-31(17-27-14-10-7-11-15-27)32(43)18-28(16-26-12-8-6-9-13-26)40-36(46)47-21-30-19-37-23-49-30/h6-15,19,22-25,28,31-32,43H,5,16-18,20-21H2,1-4H3,(H,38,45)(H,40,46)(H,41,44)/t25?,28-,31-,32-/m0/s1. The molecule has 2 heterocycles. The van der Waals surface area contributed by atoms with Gasteiger partial charge >= 0.3 is 12.1 Å². The summed E-state index contributed by atoms with van der Waals surface area (Å²) in [5.74, 6) is -0.130. The molecule has 0 saturated carbocycles. The number of carbonyl (C=O) groups is 3. The van der Waals surface area contributed by atoms with Gasteiger partial charge in [0.2, 0.25) is 5.91 Å². The van der Waals surface area contributed by atoms with Gasteiger partial charge in [-0.3, -0.25) is 9.78 Å². The molecule has 2 aromatic heterocycles. The first-order chi connectivity index (χ1) is 23.6. The second-order valence-electron chi connectivity index (χ2n) is 12.2.